The number of nitrogens with one attached hydrogen (secondary N) is 1. The Morgan fingerprint density at radius 2 is 1.81 bits per heavy atom. The van der Waals surface area contributed by atoms with Crippen LogP contribution in [-0.4, -0.2) is 27.0 Å². The van der Waals surface area contributed by atoms with Crippen LogP contribution < -0.4 is 14.4 Å². The molecule has 1 aliphatic rings. The largest absolute Gasteiger partial charge is 0.476 e. The van der Waals surface area contributed by atoms with Gasteiger partial charge in [0.15, 0.2) is 6.10 Å². The average Bonchev–Trinajstić information content (AvgIpc) is 2.76. The van der Waals surface area contributed by atoms with Crippen LogP contribution in [0.25, 0.3) is 0 Å². The van der Waals surface area contributed by atoms with E-state index in [0.29, 0.717) is 27.7 Å². The molecule has 160 valence electrons. The van der Waals surface area contributed by atoms with Crippen LogP contribution in [0.2, 0.25) is 5.02 Å². The Kier molecular flexibility index (Phi) is 5.89. The van der Waals surface area contributed by atoms with E-state index in [1.807, 2.05) is 13.0 Å². The molecule has 0 bridgehead atoms. The van der Waals surface area contributed by atoms with Gasteiger partial charge in [-0.3, -0.25) is 9.10 Å². The topological polar surface area (TPSA) is 75.7 Å². The predicted molar refractivity (Wildman–Crippen MR) is 122 cm³/mol. The zero-order chi connectivity index (χ0) is 22.0. The predicted octanol–water partition coefficient (Wildman–Crippen LogP) is 4.38. The first kappa shape index (κ1) is 21.2. The van der Waals surface area contributed by atoms with E-state index in [4.69, 9.17) is 16.3 Å². The van der Waals surface area contributed by atoms with Gasteiger partial charge >= 0.3 is 0 Å². The lowest BCUT2D eigenvalue weighted by Gasteiger charge is -2.34. The molecule has 8 heteroatoms. The summed E-state index contributed by atoms with van der Waals surface area (Å²) in [7, 11) is -3.75. The highest BCUT2D eigenvalue weighted by Crippen LogP contribution is 2.36. The molecule has 0 spiro atoms. The van der Waals surface area contributed by atoms with Crippen molar-refractivity contribution >= 4 is 38.9 Å². The summed E-state index contributed by atoms with van der Waals surface area (Å²) < 4.78 is 33.6. The van der Waals surface area contributed by atoms with Crippen molar-refractivity contribution in [3.63, 3.8) is 0 Å². The maximum atomic E-state index is 13.2. The zero-order valence-electron chi connectivity index (χ0n) is 16.8. The lowest BCUT2D eigenvalue weighted by Crippen LogP contribution is -2.49. The molecule has 6 nitrogen and oxygen atoms in total. The summed E-state index contributed by atoms with van der Waals surface area (Å²) in [6.07, 6.45) is -1.01. The van der Waals surface area contributed by atoms with Gasteiger partial charge in [-0.25, -0.2) is 8.42 Å². The number of para-hydroxylation sites is 2. The van der Waals surface area contributed by atoms with Crippen LogP contribution in [0.4, 0.5) is 11.4 Å². The van der Waals surface area contributed by atoms with Gasteiger partial charge in [-0.2, -0.15) is 0 Å². The zero-order valence-corrected chi connectivity index (χ0v) is 18.4. The van der Waals surface area contributed by atoms with Crippen molar-refractivity contribution in [1.29, 1.82) is 0 Å². The van der Waals surface area contributed by atoms with Crippen molar-refractivity contribution in [3.05, 3.63) is 88.9 Å². The molecule has 0 saturated carbocycles. The number of hydrogen-bond donors (Lipinski definition) is 1. The first-order chi connectivity index (χ1) is 14.8. The summed E-state index contributed by atoms with van der Waals surface area (Å²) in [4.78, 5) is 12.9. The highest BCUT2D eigenvalue weighted by molar-refractivity contribution is 7.92. The number of nitrogens with zero attached hydrogens (tertiary/aromatic N) is 1. The van der Waals surface area contributed by atoms with Gasteiger partial charge < -0.3 is 10.1 Å². The van der Waals surface area contributed by atoms with Crippen molar-refractivity contribution in [2.45, 2.75) is 18.8 Å². The smallest absolute Gasteiger partial charge is 0.267 e. The Morgan fingerprint density at radius 3 is 2.55 bits per heavy atom. The molecule has 0 saturated heterocycles. The SMILES string of the molecule is Cc1ccc(NC(=O)C2CN(S(=O)(=O)Cc3ccccc3)c3ccccc3O2)cc1Cl. The lowest BCUT2D eigenvalue weighted by atomic mass is 10.2. The van der Waals surface area contributed by atoms with Crippen LogP contribution >= 0.6 is 11.6 Å². The standard InChI is InChI=1S/C23H21ClN2O4S/c1-16-11-12-18(13-19(16)24)25-23(27)22-14-26(20-9-5-6-10-21(20)30-22)31(28,29)15-17-7-3-2-4-8-17/h2-13,22H,14-15H2,1H3,(H,25,27). The highest BCUT2D eigenvalue weighted by atomic mass is 35.5. The molecular weight excluding hydrogens is 436 g/mol. The van der Waals surface area contributed by atoms with Crippen molar-refractivity contribution in [3.8, 4) is 5.75 Å². The second-order valence-corrected chi connectivity index (χ2v) is 9.60. The maximum Gasteiger partial charge on any atom is 0.267 e. The third-order valence-corrected chi connectivity index (χ3v) is 7.12. The number of rotatable bonds is 5. The molecule has 0 aliphatic carbocycles. The molecule has 3 aromatic rings. The molecule has 1 N–H and O–H groups in total. The van der Waals surface area contributed by atoms with Crippen LogP contribution in [0, 0.1) is 6.92 Å². The van der Waals surface area contributed by atoms with E-state index in [0.717, 1.165) is 5.56 Å². The third-order valence-electron chi connectivity index (χ3n) is 4.99. The number of sulfonamides is 1. The molecular formula is C23H21ClN2O4S. The third kappa shape index (κ3) is 4.68. The van der Waals surface area contributed by atoms with E-state index in [9.17, 15) is 13.2 Å². The Morgan fingerprint density at radius 1 is 1.10 bits per heavy atom. The minimum absolute atomic E-state index is 0.127. The molecule has 1 heterocycles. The van der Waals surface area contributed by atoms with E-state index in [1.54, 1.807) is 66.7 Å². The van der Waals surface area contributed by atoms with E-state index in [1.165, 1.54) is 4.31 Å². The number of halogens is 1. The fourth-order valence-electron chi connectivity index (χ4n) is 3.36. The quantitative estimate of drug-likeness (QED) is 0.618. The Labute approximate surface area is 186 Å². The van der Waals surface area contributed by atoms with Gasteiger partial charge in [-0.05, 0) is 42.3 Å². The summed E-state index contributed by atoms with van der Waals surface area (Å²) >= 11 is 6.14. The van der Waals surface area contributed by atoms with Gasteiger partial charge in [0.25, 0.3) is 5.91 Å². The number of aryl methyl sites for hydroxylation is 1. The summed E-state index contributed by atoms with van der Waals surface area (Å²) in [6.45, 7) is 1.74. The summed E-state index contributed by atoms with van der Waals surface area (Å²) in [5, 5.41) is 3.29. The summed E-state index contributed by atoms with van der Waals surface area (Å²) in [5.41, 5.74) is 2.49. The average molecular weight is 457 g/mol. The number of ether oxygens (including phenoxy) is 1. The number of hydrogen-bond acceptors (Lipinski definition) is 4. The molecule has 0 fully saturated rings. The minimum atomic E-state index is -3.75. The number of carbonyl (C=O) groups excluding carboxylic acids is 1. The van der Waals surface area contributed by atoms with Gasteiger partial charge in [0, 0.05) is 10.7 Å². The fourth-order valence-corrected chi connectivity index (χ4v) is 5.12. The number of benzene rings is 3. The lowest BCUT2D eigenvalue weighted by molar-refractivity contribution is -0.122. The highest BCUT2D eigenvalue weighted by Gasteiger charge is 2.36. The molecule has 1 amide bonds. The Hall–Kier alpha value is -3.03. The fraction of sp³-hybridized carbons (Fsp3) is 0.174. The van der Waals surface area contributed by atoms with Crippen LogP contribution in [-0.2, 0) is 20.6 Å². The Bertz CT molecular complexity index is 1220. The summed E-state index contributed by atoms with van der Waals surface area (Å²) in [5.74, 6) is -0.286. The van der Waals surface area contributed by atoms with Crippen LogP contribution in [0.5, 0.6) is 5.75 Å². The van der Waals surface area contributed by atoms with Gasteiger partial charge in [0.05, 0.1) is 18.0 Å². The Balaban J connectivity index is 1.60. The summed E-state index contributed by atoms with van der Waals surface area (Å²) in [6, 6.07) is 20.9. The maximum absolute atomic E-state index is 13.2. The van der Waals surface area contributed by atoms with Gasteiger partial charge in [-0.15, -0.1) is 0 Å². The van der Waals surface area contributed by atoms with Crippen LogP contribution in [0.1, 0.15) is 11.1 Å². The van der Waals surface area contributed by atoms with Crippen molar-refractivity contribution in [2.24, 2.45) is 0 Å². The number of carbonyl (C=O) groups is 1. The van der Waals surface area contributed by atoms with Crippen molar-refractivity contribution in [2.75, 3.05) is 16.2 Å². The van der Waals surface area contributed by atoms with E-state index < -0.39 is 22.0 Å². The molecule has 1 aliphatic heterocycles. The molecule has 3 aromatic carbocycles. The number of anilines is 2. The van der Waals surface area contributed by atoms with Gasteiger partial charge in [0.1, 0.15) is 5.75 Å². The van der Waals surface area contributed by atoms with E-state index in [2.05, 4.69) is 5.32 Å². The molecule has 0 aromatic heterocycles. The van der Waals surface area contributed by atoms with Crippen molar-refractivity contribution in [1.82, 2.24) is 0 Å². The van der Waals surface area contributed by atoms with E-state index >= 15 is 0 Å². The van der Waals surface area contributed by atoms with Gasteiger partial charge in [0.2, 0.25) is 10.0 Å². The molecule has 1 atom stereocenters. The molecule has 0 radical (unpaired) electrons. The van der Waals surface area contributed by atoms with Gasteiger partial charge in [-0.1, -0.05) is 60.1 Å². The second-order valence-electron chi connectivity index (χ2n) is 7.30. The van der Waals surface area contributed by atoms with Crippen LogP contribution in [0.3, 0.4) is 0 Å². The minimum Gasteiger partial charge on any atom is -0.476 e. The first-order valence-corrected chi connectivity index (χ1v) is 11.7. The van der Waals surface area contributed by atoms with Crippen LogP contribution in [0.15, 0.2) is 72.8 Å². The second kappa shape index (κ2) is 8.61. The van der Waals surface area contributed by atoms with E-state index in [-0.39, 0.29) is 12.3 Å². The molecule has 31 heavy (non-hydrogen) atoms. The normalized spacial score (nSPS) is 15.7. The number of fused-ring (bicyclic) bond motifs is 1. The van der Waals surface area contributed by atoms with Crippen molar-refractivity contribution < 1.29 is 17.9 Å². The first-order valence-electron chi connectivity index (χ1n) is 9.70. The molecule has 4 rings (SSSR count). The monoisotopic (exact) mass is 456 g/mol. The molecule has 1 unspecified atom stereocenters. The number of amides is 1.